The van der Waals surface area contributed by atoms with Gasteiger partial charge in [-0.25, -0.2) is 4.79 Å². The third kappa shape index (κ3) is 6.20. The molecule has 9 rings (SSSR count). The molecule has 338 valence electrons. The number of benzene rings is 2. The number of aliphatic hydroxyl groups excluding tert-OH is 1. The number of hydrogen-bond acceptors (Lipinski definition) is 14. The van der Waals surface area contributed by atoms with Crippen molar-refractivity contribution in [1.29, 1.82) is 0 Å². The molecule has 1 saturated carbocycles. The van der Waals surface area contributed by atoms with E-state index >= 15 is 4.79 Å². The molecule has 1 aromatic heterocycles. The number of nitrogens with zero attached hydrogens (tertiary/aromatic N) is 3. The number of fused-ring (bicyclic) bond motifs is 6. The number of methoxy groups -OCH3 is 3. The van der Waals surface area contributed by atoms with E-state index in [4.69, 9.17) is 18.8 Å². The number of esters is 2. The predicted octanol–water partition coefficient (Wildman–Crippen LogP) is 2.86. The maximum absolute atomic E-state index is 15.2. The first kappa shape index (κ1) is 44.5. The Morgan fingerprint density at radius 2 is 1.66 bits per heavy atom. The number of rotatable bonds is 7. The van der Waals surface area contributed by atoms with Crippen molar-refractivity contribution in [2.24, 2.45) is 11.3 Å². The summed E-state index contributed by atoms with van der Waals surface area (Å²) in [4.78, 5) is 39.7. The minimum atomic E-state index is -4.16. The van der Waals surface area contributed by atoms with E-state index in [-0.39, 0.29) is 12.0 Å². The normalized spacial score (nSPS) is 35.9. The van der Waals surface area contributed by atoms with Crippen molar-refractivity contribution in [2.75, 3.05) is 73.1 Å². The van der Waals surface area contributed by atoms with Gasteiger partial charge < -0.3 is 39.4 Å². The zero-order valence-corrected chi connectivity index (χ0v) is 37.3. The molecule has 62 heavy (non-hydrogen) atoms. The Kier molecular flexibility index (Phi) is 11.2. The zero-order valence-electron chi connectivity index (χ0n) is 36.5. The number of nitrogens with one attached hydrogen (secondary N) is 1. The second-order valence-electron chi connectivity index (χ2n) is 18.2. The maximum Gasteiger partial charge on any atom is 0.397 e. The van der Waals surface area contributed by atoms with Crippen LogP contribution in [0.5, 0.6) is 5.75 Å². The molecule has 17 heteroatoms. The molecule has 5 aliphatic heterocycles. The van der Waals surface area contributed by atoms with Gasteiger partial charge in [0, 0.05) is 84.0 Å². The number of para-hydroxylation sites is 1. The molecule has 2 saturated heterocycles. The molecule has 2 unspecified atom stereocenters. The van der Waals surface area contributed by atoms with Crippen LogP contribution in [0.1, 0.15) is 68.3 Å². The van der Waals surface area contributed by atoms with Crippen LogP contribution in [-0.2, 0) is 50.9 Å². The summed E-state index contributed by atoms with van der Waals surface area (Å²) in [6, 6.07) is 11.1. The highest BCUT2D eigenvalue weighted by molar-refractivity contribution is 7.80. The molecule has 10 atom stereocenters. The van der Waals surface area contributed by atoms with Crippen LogP contribution in [0.15, 0.2) is 48.6 Å². The second kappa shape index (κ2) is 15.6. The molecule has 0 radical (unpaired) electrons. The predicted molar refractivity (Wildman–Crippen MR) is 229 cm³/mol. The highest BCUT2D eigenvalue weighted by atomic mass is 32.3. The molecule has 3 fully saturated rings. The van der Waals surface area contributed by atoms with Crippen molar-refractivity contribution in [1.82, 2.24) is 14.8 Å². The fraction of sp³-hybridized carbons (Fsp3) is 0.600. The lowest BCUT2D eigenvalue weighted by Crippen LogP contribution is -2.80. The Bertz CT molecular complexity index is 2410. The minimum absolute atomic E-state index is 0.0795. The summed E-state index contributed by atoms with van der Waals surface area (Å²) in [5, 5.41) is 38.3. The van der Waals surface area contributed by atoms with E-state index < -0.39 is 61.9 Å². The van der Waals surface area contributed by atoms with Gasteiger partial charge >= 0.3 is 22.3 Å². The average Bonchev–Trinajstić information content (AvgIpc) is 3.93. The highest BCUT2D eigenvalue weighted by Gasteiger charge is 2.79. The molecule has 1 spiro atoms. The summed E-state index contributed by atoms with van der Waals surface area (Å²) in [7, 11) is 2.88. The van der Waals surface area contributed by atoms with Crippen molar-refractivity contribution >= 4 is 38.9 Å². The molecule has 5 N–H and O–H groups in total. The van der Waals surface area contributed by atoms with Crippen LogP contribution in [0.4, 0.5) is 5.69 Å². The molecule has 6 aliphatic rings. The number of piperidine rings is 1. The van der Waals surface area contributed by atoms with Crippen LogP contribution in [0, 0.1) is 11.3 Å². The molecular weight excluding hydrogens is 821 g/mol. The van der Waals surface area contributed by atoms with E-state index in [1.54, 1.807) is 7.11 Å². The monoisotopic (exact) mass is 880 g/mol. The number of aliphatic hydroxyl groups is 3. The lowest BCUT2D eigenvalue weighted by Gasteiger charge is -2.63. The van der Waals surface area contributed by atoms with Gasteiger partial charge in [-0.05, 0) is 74.2 Å². The smallest absolute Gasteiger partial charge is 0.397 e. The van der Waals surface area contributed by atoms with Crippen LogP contribution < -0.4 is 9.64 Å². The number of anilines is 1. The van der Waals surface area contributed by atoms with E-state index in [1.165, 1.54) is 14.2 Å². The topological polar surface area (TPSA) is 212 Å². The number of hydrogen-bond donors (Lipinski definition) is 5. The summed E-state index contributed by atoms with van der Waals surface area (Å²) in [6.07, 6.45) is 5.82. The molecule has 3 aromatic rings. The minimum Gasteiger partial charge on any atom is -0.496 e. The number of H-pyrrole nitrogens is 1. The lowest BCUT2D eigenvalue weighted by molar-refractivity contribution is -0.218. The van der Waals surface area contributed by atoms with Crippen LogP contribution >= 0.6 is 0 Å². The number of aromatic nitrogens is 1. The SMILES string of the molecule is CC[C@]1(O)CC2CN(CCc3c([nH]c4ccccc34)[C@@](C(=O)OC)(c3cc4c(cc3OC)N(C)[C@H]3[C@@](O)(C(=O)OC)[C@H](O)[C@]5(CC)C=CCN6CC[C@]43[C@@H]65)C2)C1.COS(=O)(=O)O. The number of ether oxygens (including phenoxy) is 3. The van der Waals surface area contributed by atoms with Crippen LogP contribution in [0.2, 0.25) is 0 Å². The van der Waals surface area contributed by atoms with Crippen molar-refractivity contribution in [3.05, 3.63) is 70.9 Å². The number of carbonyl (C=O) groups excluding carboxylic acids is 2. The Morgan fingerprint density at radius 1 is 0.952 bits per heavy atom. The third-order valence-electron chi connectivity index (χ3n) is 15.6. The first-order valence-electron chi connectivity index (χ1n) is 21.4. The zero-order chi connectivity index (χ0) is 44.8. The molecule has 0 amide bonds. The molecular formula is C45H60N4O12S. The number of aromatic amines is 1. The van der Waals surface area contributed by atoms with E-state index in [1.807, 2.05) is 62.2 Å². The second-order valence-corrected chi connectivity index (χ2v) is 19.4. The van der Waals surface area contributed by atoms with Gasteiger partial charge in [0.1, 0.15) is 17.3 Å². The van der Waals surface area contributed by atoms with Gasteiger partial charge in [-0.2, -0.15) is 8.42 Å². The Hall–Kier alpha value is -4.07. The van der Waals surface area contributed by atoms with Gasteiger partial charge in [-0.3, -0.25) is 23.3 Å². The lowest BCUT2D eigenvalue weighted by atomic mass is 9.47. The van der Waals surface area contributed by atoms with Crippen LogP contribution in [-0.4, -0.2) is 153 Å². The fourth-order valence-electron chi connectivity index (χ4n) is 13.2. The van der Waals surface area contributed by atoms with Gasteiger partial charge in [-0.1, -0.05) is 44.2 Å². The van der Waals surface area contributed by atoms with Crippen molar-refractivity contribution in [3.8, 4) is 5.75 Å². The molecule has 1 aliphatic carbocycles. The molecule has 2 bridgehead atoms. The summed E-state index contributed by atoms with van der Waals surface area (Å²) in [6.45, 7) is 7.41. The Balaban J connectivity index is 0.000000825. The summed E-state index contributed by atoms with van der Waals surface area (Å²) in [5.74, 6) is -0.908. The summed E-state index contributed by atoms with van der Waals surface area (Å²) < 4.78 is 47.3. The standard InChI is InChI=1S/C44H56N4O8.CH4O4S/c1-7-40(52)22-26-23-43(38(50)55-5,34-28(14-18-47(24-26)25-40)27-12-9-10-13-31(27)45-34)30-20-29-32(21-33(30)54-4)46(3)36-42(29)16-19-48-17-11-15-41(8-2,35(42)48)37(49)44(36,53)39(51)56-6;1-5-6(2,3)4/h9-13,15,20-21,26,35-37,45,49,52-53H,7-8,14,16-19,22-25H2,1-6H3;1H3,(H,2,3,4)/t26?,35-,36+,37+,40-,41+,42+,43-,44-;/m0./s1. The maximum atomic E-state index is 15.2. The third-order valence-corrected chi connectivity index (χ3v) is 16.0. The van der Waals surface area contributed by atoms with E-state index in [0.29, 0.717) is 69.5 Å². The van der Waals surface area contributed by atoms with Gasteiger partial charge in [0.25, 0.3) is 0 Å². The van der Waals surface area contributed by atoms with Crippen LogP contribution in [0.3, 0.4) is 0 Å². The first-order chi connectivity index (χ1) is 29.4. The number of likely N-dealkylation sites (N-methyl/N-ethyl adjacent to an activating group) is 1. The van der Waals surface area contributed by atoms with Gasteiger partial charge in [-0.15, -0.1) is 0 Å². The van der Waals surface area contributed by atoms with Gasteiger partial charge in [0.05, 0.1) is 40.1 Å². The van der Waals surface area contributed by atoms with E-state index in [2.05, 4.69) is 31.1 Å². The van der Waals surface area contributed by atoms with Crippen molar-refractivity contribution < 1.29 is 56.3 Å². The van der Waals surface area contributed by atoms with E-state index in [9.17, 15) is 28.5 Å². The molecule has 16 nitrogen and oxygen atoms in total. The largest absolute Gasteiger partial charge is 0.496 e. The average molecular weight is 881 g/mol. The van der Waals surface area contributed by atoms with Crippen molar-refractivity contribution in [2.45, 2.75) is 92.6 Å². The molecule has 6 heterocycles. The van der Waals surface area contributed by atoms with Gasteiger partial charge in [0.15, 0.2) is 0 Å². The summed E-state index contributed by atoms with van der Waals surface area (Å²) >= 11 is 0. The Morgan fingerprint density at radius 3 is 2.31 bits per heavy atom. The van der Waals surface area contributed by atoms with E-state index in [0.717, 1.165) is 53.6 Å². The highest BCUT2D eigenvalue weighted by Crippen LogP contribution is 2.67. The number of carbonyl (C=O) groups is 2. The fourth-order valence-corrected chi connectivity index (χ4v) is 13.2. The first-order valence-corrected chi connectivity index (χ1v) is 22.8. The molecule has 2 aromatic carbocycles. The quantitative estimate of drug-likeness (QED) is 0.131. The summed E-state index contributed by atoms with van der Waals surface area (Å²) in [5.41, 5.74) is -1.43. The Labute approximate surface area is 362 Å². The van der Waals surface area contributed by atoms with Crippen LogP contribution in [0.25, 0.3) is 10.9 Å². The van der Waals surface area contributed by atoms with Gasteiger partial charge in [0.2, 0.25) is 5.60 Å². The van der Waals surface area contributed by atoms with Crippen molar-refractivity contribution in [3.63, 3.8) is 0 Å².